The van der Waals surface area contributed by atoms with Crippen LogP contribution in [-0.2, 0) is 6.54 Å². The Bertz CT molecular complexity index is 939. The maximum Gasteiger partial charge on any atom is 0.293 e. The third-order valence-corrected chi connectivity index (χ3v) is 4.03. The van der Waals surface area contributed by atoms with Gasteiger partial charge in [-0.1, -0.05) is 19.1 Å². The molecule has 1 amide bonds. The number of aromatic nitrogens is 5. The van der Waals surface area contributed by atoms with Gasteiger partial charge in [-0.2, -0.15) is 9.78 Å². The molecule has 3 heterocycles. The molecular weight excluding hydrogens is 378 g/mol. The number of hydrazone groups is 1. The molecule has 0 aliphatic heterocycles. The highest BCUT2D eigenvalue weighted by Crippen LogP contribution is 2.18. The lowest BCUT2D eigenvalue weighted by molar-refractivity contribution is 0.0947. The standard InChI is InChI=1S/C17H23N9O3/c1-3-7-25(8-4-2)11-13-14(17(27)21-19-10-12-6-5-9-28-12)20-24-26(13)16-15(18)22-29-23-16/h5-6,9-10H,3-4,7-8,11H2,1-2H3,(H2,18,22)(H,21,27)/b19-10-. The molecule has 3 aromatic heterocycles. The molecule has 0 radical (unpaired) electrons. The number of nitrogens with zero attached hydrogens (tertiary/aromatic N) is 7. The highest BCUT2D eigenvalue weighted by atomic mass is 16.6. The first-order chi connectivity index (χ1) is 14.1. The average molecular weight is 401 g/mol. The van der Waals surface area contributed by atoms with Crippen LogP contribution in [0.3, 0.4) is 0 Å². The lowest BCUT2D eigenvalue weighted by Crippen LogP contribution is -2.28. The van der Waals surface area contributed by atoms with Crippen LogP contribution in [0.15, 0.2) is 32.5 Å². The Balaban J connectivity index is 1.88. The minimum atomic E-state index is -0.517. The van der Waals surface area contributed by atoms with Crippen LogP contribution in [0.2, 0.25) is 0 Å². The van der Waals surface area contributed by atoms with Crippen LogP contribution in [-0.4, -0.2) is 55.4 Å². The highest BCUT2D eigenvalue weighted by molar-refractivity contribution is 5.94. The van der Waals surface area contributed by atoms with Gasteiger partial charge in [-0.3, -0.25) is 9.69 Å². The fraction of sp³-hybridized carbons (Fsp3) is 0.412. The zero-order valence-electron chi connectivity index (χ0n) is 16.3. The molecule has 3 rings (SSSR count). The van der Waals surface area contributed by atoms with Crippen LogP contribution < -0.4 is 11.2 Å². The van der Waals surface area contributed by atoms with E-state index in [9.17, 15) is 4.79 Å². The van der Waals surface area contributed by atoms with E-state index in [0.29, 0.717) is 18.0 Å². The molecule has 0 fully saturated rings. The molecule has 0 spiro atoms. The van der Waals surface area contributed by atoms with Crippen molar-refractivity contribution in [3.05, 3.63) is 35.5 Å². The Labute approximate surface area is 166 Å². The Hall–Kier alpha value is -3.54. The number of rotatable bonds is 10. The second-order valence-electron chi connectivity index (χ2n) is 6.26. The van der Waals surface area contributed by atoms with Crippen molar-refractivity contribution in [1.29, 1.82) is 0 Å². The fourth-order valence-corrected chi connectivity index (χ4v) is 2.81. The molecule has 0 bridgehead atoms. The van der Waals surface area contributed by atoms with Gasteiger partial charge >= 0.3 is 0 Å². The van der Waals surface area contributed by atoms with E-state index in [4.69, 9.17) is 10.2 Å². The summed E-state index contributed by atoms with van der Waals surface area (Å²) < 4.78 is 11.2. The third-order valence-electron chi connectivity index (χ3n) is 4.03. The van der Waals surface area contributed by atoms with Gasteiger partial charge < -0.3 is 10.2 Å². The first-order valence-corrected chi connectivity index (χ1v) is 9.26. The fourth-order valence-electron chi connectivity index (χ4n) is 2.81. The topological polar surface area (TPSA) is 153 Å². The van der Waals surface area contributed by atoms with E-state index in [0.717, 1.165) is 25.9 Å². The lowest BCUT2D eigenvalue weighted by atomic mass is 10.2. The van der Waals surface area contributed by atoms with Gasteiger partial charge in [0.2, 0.25) is 11.6 Å². The number of hydrogen-bond donors (Lipinski definition) is 2. The minimum absolute atomic E-state index is 0.0523. The lowest BCUT2D eigenvalue weighted by Gasteiger charge is -2.21. The second-order valence-corrected chi connectivity index (χ2v) is 6.26. The molecule has 0 aromatic carbocycles. The summed E-state index contributed by atoms with van der Waals surface area (Å²) in [5.74, 6) is 0.222. The molecule has 0 aliphatic carbocycles. The Morgan fingerprint density at radius 2 is 2.14 bits per heavy atom. The normalized spacial score (nSPS) is 11.6. The molecule has 3 aromatic rings. The number of carbonyl (C=O) groups excluding carboxylic acids is 1. The van der Waals surface area contributed by atoms with E-state index in [2.05, 4.69) is 54.5 Å². The predicted molar refractivity (Wildman–Crippen MR) is 103 cm³/mol. The van der Waals surface area contributed by atoms with E-state index in [1.54, 1.807) is 12.1 Å². The summed E-state index contributed by atoms with van der Waals surface area (Å²) in [5.41, 5.74) is 8.86. The van der Waals surface area contributed by atoms with Crippen LogP contribution in [0.1, 0.15) is 48.6 Å². The molecule has 0 unspecified atom stereocenters. The van der Waals surface area contributed by atoms with Gasteiger partial charge in [-0.25, -0.2) is 10.1 Å². The number of nitrogen functional groups attached to an aromatic ring is 1. The van der Waals surface area contributed by atoms with E-state index < -0.39 is 5.91 Å². The summed E-state index contributed by atoms with van der Waals surface area (Å²) in [7, 11) is 0. The molecule has 0 saturated heterocycles. The zero-order chi connectivity index (χ0) is 20.6. The van der Waals surface area contributed by atoms with E-state index >= 15 is 0 Å². The molecule has 3 N–H and O–H groups in total. The Kier molecular flexibility index (Phi) is 6.68. The number of furan rings is 1. The number of carbonyl (C=O) groups is 1. The minimum Gasteiger partial charge on any atom is -0.463 e. The highest BCUT2D eigenvalue weighted by Gasteiger charge is 2.25. The number of anilines is 1. The summed E-state index contributed by atoms with van der Waals surface area (Å²) in [5, 5.41) is 19.3. The van der Waals surface area contributed by atoms with Crippen molar-refractivity contribution in [2.75, 3.05) is 18.8 Å². The van der Waals surface area contributed by atoms with Crippen molar-refractivity contribution >= 4 is 17.9 Å². The number of hydrogen-bond acceptors (Lipinski definition) is 10. The van der Waals surface area contributed by atoms with E-state index in [1.165, 1.54) is 17.2 Å². The van der Waals surface area contributed by atoms with Gasteiger partial charge in [-0.05, 0) is 48.4 Å². The average Bonchev–Trinajstić information content (AvgIpc) is 3.43. The quantitative estimate of drug-likeness (QED) is 0.377. The molecule has 12 heteroatoms. The van der Waals surface area contributed by atoms with Crippen molar-refractivity contribution in [2.45, 2.75) is 33.2 Å². The van der Waals surface area contributed by atoms with Gasteiger partial charge in [-0.15, -0.1) is 5.10 Å². The largest absolute Gasteiger partial charge is 0.463 e. The number of nitrogens with one attached hydrogen (secondary N) is 1. The van der Waals surface area contributed by atoms with Crippen LogP contribution in [0.5, 0.6) is 0 Å². The monoisotopic (exact) mass is 401 g/mol. The van der Waals surface area contributed by atoms with Crippen LogP contribution in [0, 0.1) is 0 Å². The van der Waals surface area contributed by atoms with E-state index in [1.807, 2.05) is 0 Å². The van der Waals surface area contributed by atoms with E-state index in [-0.39, 0.29) is 17.3 Å². The van der Waals surface area contributed by atoms with Crippen molar-refractivity contribution in [3.8, 4) is 5.82 Å². The van der Waals surface area contributed by atoms with Gasteiger partial charge in [0.15, 0.2) is 5.69 Å². The number of nitrogens with two attached hydrogens (primary N) is 1. The first kappa shape index (κ1) is 20.2. The molecule has 12 nitrogen and oxygen atoms in total. The number of amides is 1. The van der Waals surface area contributed by atoms with Crippen molar-refractivity contribution in [3.63, 3.8) is 0 Å². The van der Waals surface area contributed by atoms with Crippen LogP contribution >= 0.6 is 0 Å². The second kappa shape index (κ2) is 9.59. The Morgan fingerprint density at radius 1 is 1.34 bits per heavy atom. The molecule has 0 atom stereocenters. The predicted octanol–water partition coefficient (Wildman–Crippen LogP) is 1.21. The summed E-state index contributed by atoms with van der Waals surface area (Å²) in [6.07, 6.45) is 4.83. The maximum atomic E-state index is 12.7. The molecule has 0 saturated carbocycles. The summed E-state index contributed by atoms with van der Waals surface area (Å²) in [6, 6.07) is 3.43. The molecule has 154 valence electrons. The van der Waals surface area contributed by atoms with Gasteiger partial charge in [0.05, 0.1) is 18.2 Å². The van der Waals surface area contributed by atoms with Crippen molar-refractivity contribution in [1.82, 2.24) is 35.6 Å². The van der Waals surface area contributed by atoms with Gasteiger partial charge in [0.25, 0.3) is 5.91 Å². The van der Waals surface area contributed by atoms with Gasteiger partial charge in [0.1, 0.15) is 5.76 Å². The molecule has 29 heavy (non-hydrogen) atoms. The van der Waals surface area contributed by atoms with Gasteiger partial charge in [0, 0.05) is 6.54 Å². The third kappa shape index (κ3) is 4.85. The summed E-state index contributed by atoms with van der Waals surface area (Å²) in [4.78, 5) is 14.9. The Morgan fingerprint density at radius 3 is 2.76 bits per heavy atom. The SMILES string of the molecule is CCCN(CCC)Cc1c(C(=O)N/N=C\c2ccco2)nnn1-c1nonc1N. The maximum absolute atomic E-state index is 12.7. The summed E-state index contributed by atoms with van der Waals surface area (Å²) >= 11 is 0. The van der Waals surface area contributed by atoms with Crippen LogP contribution in [0.4, 0.5) is 5.82 Å². The van der Waals surface area contributed by atoms with Crippen LogP contribution in [0.25, 0.3) is 5.82 Å². The zero-order valence-corrected chi connectivity index (χ0v) is 16.3. The molecular formula is C17H23N9O3. The van der Waals surface area contributed by atoms with Crippen molar-refractivity contribution < 1.29 is 13.8 Å². The van der Waals surface area contributed by atoms with Crippen molar-refractivity contribution in [2.24, 2.45) is 5.10 Å². The molecule has 0 aliphatic rings. The first-order valence-electron chi connectivity index (χ1n) is 9.26. The summed E-state index contributed by atoms with van der Waals surface area (Å²) in [6.45, 7) is 6.31. The smallest absolute Gasteiger partial charge is 0.293 e.